The second-order valence-corrected chi connectivity index (χ2v) is 5.77. The molecule has 0 saturated carbocycles. The van der Waals surface area contributed by atoms with Gasteiger partial charge in [-0.05, 0) is 30.7 Å². The molecule has 0 radical (unpaired) electrons. The fraction of sp³-hybridized carbons (Fsp3) is 0.316. The molecule has 26 heavy (non-hydrogen) atoms. The average molecular weight is 471 g/mol. The van der Waals surface area contributed by atoms with Crippen LogP contribution in [0.15, 0.2) is 47.5 Å². The maximum atomic E-state index is 13.9. The minimum atomic E-state index is -0.389. The van der Waals surface area contributed by atoms with Crippen LogP contribution in [0.25, 0.3) is 0 Å². The summed E-state index contributed by atoms with van der Waals surface area (Å²) in [6.07, 6.45) is 0.810. The van der Waals surface area contributed by atoms with Crippen LogP contribution in [-0.4, -0.2) is 19.2 Å². The molecular formula is C19H23FIN3O2. The van der Waals surface area contributed by atoms with Gasteiger partial charge < -0.3 is 20.5 Å². The van der Waals surface area contributed by atoms with Crippen LogP contribution in [0, 0.1) is 5.82 Å². The molecule has 1 aliphatic heterocycles. The number of guanidine groups is 1. The third-order valence-electron chi connectivity index (χ3n) is 4.01. The monoisotopic (exact) mass is 471 g/mol. The summed E-state index contributed by atoms with van der Waals surface area (Å²) in [5.41, 5.74) is 7.81. The number of ether oxygens (including phenoxy) is 2. The molecule has 2 aromatic rings. The van der Waals surface area contributed by atoms with Gasteiger partial charge in [-0.2, -0.15) is 0 Å². The van der Waals surface area contributed by atoms with Gasteiger partial charge >= 0.3 is 0 Å². The minimum Gasteiger partial charge on any atom is -0.493 e. The molecule has 0 spiro atoms. The molecule has 1 atom stereocenters. The van der Waals surface area contributed by atoms with E-state index in [1.165, 1.54) is 6.07 Å². The molecule has 1 heterocycles. The van der Waals surface area contributed by atoms with Crippen LogP contribution >= 0.6 is 24.0 Å². The zero-order chi connectivity index (χ0) is 17.6. The van der Waals surface area contributed by atoms with Gasteiger partial charge in [0.2, 0.25) is 0 Å². The standard InChI is InChI=1S/C19H22FN3O2.HI/c1-2-24-18-8-7-13(11-15(18)20)12-22-19(21)23-16-9-10-25-17-6-4-3-5-14(16)17;/h3-8,11,16H,2,9-10,12H2,1H3,(H3,21,22,23);1H. The summed E-state index contributed by atoms with van der Waals surface area (Å²) in [7, 11) is 0. The number of fused-ring (bicyclic) bond motifs is 1. The molecule has 5 nitrogen and oxygen atoms in total. The van der Waals surface area contributed by atoms with E-state index in [0.717, 1.165) is 23.3 Å². The summed E-state index contributed by atoms with van der Waals surface area (Å²) in [6, 6.07) is 12.8. The molecule has 3 rings (SSSR count). The maximum absolute atomic E-state index is 13.9. The van der Waals surface area contributed by atoms with E-state index < -0.39 is 0 Å². The first-order valence-corrected chi connectivity index (χ1v) is 8.36. The Hall–Kier alpha value is -2.03. The number of aliphatic imine (C=N–C) groups is 1. The van der Waals surface area contributed by atoms with Crippen molar-refractivity contribution in [2.24, 2.45) is 10.7 Å². The van der Waals surface area contributed by atoms with Crippen molar-refractivity contribution in [3.05, 3.63) is 59.4 Å². The highest BCUT2D eigenvalue weighted by Crippen LogP contribution is 2.31. The Morgan fingerprint density at radius 3 is 2.92 bits per heavy atom. The summed E-state index contributed by atoms with van der Waals surface area (Å²) in [5, 5.41) is 3.22. The van der Waals surface area contributed by atoms with E-state index in [-0.39, 0.29) is 41.6 Å². The Morgan fingerprint density at radius 2 is 2.15 bits per heavy atom. The molecular weight excluding hydrogens is 448 g/mol. The zero-order valence-electron chi connectivity index (χ0n) is 14.6. The molecule has 2 aromatic carbocycles. The van der Waals surface area contributed by atoms with Crippen molar-refractivity contribution in [1.29, 1.82) is 0 Å². The smallest absolute Gasteiger partial charge is 0.189 e. The second-order valence-electron chi connectivity index (χ2n) is 5.77. The molecule has 0 fully saturated rings. The van der Waals surface area contributed by atoms with Crippen LogP contribution in [0.5, 0.6) is 11.5 Å². The normalized spacial score (nSPS) is 16.1. The average Bonchev–Trinajstić information content (AvgIpc) is 2.62. The van der Waals surface area contributed by atoms with Gasteiger partial charge in [-0.1, -0.05) is 24.3 Å². The highest BCUT2D eigenvalue weighted by Gasteiger charge is 2.21. The Kier molecular flexibility index (Phi) is 7.50. The van der Waals surface area contributed by atoms with Crippen molar-refractivity contribution in [2.75, 3.05) is 13.2 Å². The quantitative estimate of drug-likeness (QED) is 0.396. The maximum Gasteiger partial charge on any atom is 0.189 e. The SMILES string of the molecule is CCOc1ccc(CN=C(N)NC2CCOc3ccccc32)cc1F.I. The number of nitrogens with zero attached hydrogens (tertiary/aromatic N) is 1. The minimum absolute atomic E-state index is 0. The fourth-order valence-corrected chi connectivity index (χ4v) is 2.81. The van der Waals surface area contributed by atoms with E-state index in [4.69, 9.17) is 15.2 Å². The molecule has 0 amide bonds. The Morgan fingerprint density at radius 1 is 1.35 bits per heavy atom. The first kappa shape index (κ1) is 20.3. The van der Waals surface area contributed by atoms with Gasteiger partial charge in [-0.15, -0.1) is 24.0 Å². The lowest BCUT2D eigenvalue weighted by Crippen LogP contribution is -2.37. The van der Waals surface area contributed by atoms with E-state index in [0.29, 0.717) is 25.7 Å². The largest absolute Gasteiger partial charge is 0.493 e. The van der Waals surface area contributed by atoms with E-state index >= 15 is 0 Å². The van der Waals surface area contributed by atoms with Crippen molar-refractivity contribution in [2.45, 2.75) is 25.9 Å². The molecule has 0 aliphatic carbocycles. The van der Waals surface area contributed by atoms with Gasteiger partial charge in [-0.25, -0.2) is 9.38 Å². The Labute approximate surface area is 169 Å². The van der Waals surface area contributed by atoms with E-state index in [1.54, 1.807) is 12.1 Å². The van der Waals surface area contributed by atoms with Crippen LogP contribution < -0.4 is 20.5 Å². The van der Waals surface area contributed by atoms with Crippen LogP contribution in [0.2, 0.25) is 0 Å². The van der Waals surface area contributed by atoms with Crippen LogP contribution in [0.3, 0.4) is 0 Å². The number of halogens is 2. The van der Waals surface area contributed by atoms with Gasteiger partial charge in [-0.3, -0.25) is 0 Å². The predicted molar refractivity (Wildman–Crippen MR) is 111 cm³/mol. The van der Waals surface area contributed by atoms with Crippen molar-refractivity contribution >= 4 is 29.9 Å². The van der Waals surface area contributed by atoms with Crippen molar-refractivity contribution in [3.63, 3.8) is 0 Å². The van der Waals surface area contributed by atoms with E-state index in [2.05, 4.69) is 10.3 Å². The lowest BCUT2D eigenvalue weighted by Gasteiger charge is -2.26. The van der Waals surface area contributed by atoms with E-state index in [9.17, 15) is 4.39 Å². The van der Waals surface area contributed by atoms with Crippen molar-refractivity contribution < 1.29 is 13.9 Å². The number of hydrogen-bond donors (Lipinski definition) is 2. The van der Waals surface area contributed by atoms with Crippen LogP contribution in [-0.2, 0) is 6.54 Å². The summed E-state index contributed by atoms with van der Waals surface area (Å²) < 4.78 is 24.7. The van der Waals surface area contributed by atoms with Crippen molar-refractivity contribution in [1.82, 2.24) is 5.32 Å². The molecule has 1 aliphatic rings. The summed E-state index contributed by atoms with van der Waals surface area (Å²) in [4.78, 5) is 4.31. The van der Waals surface area contributed by atoms with Crippen LogP contribution in [0.1, 0.15) is 30.5 Å². The van der Waals surface area contributed by atoms with E-state index in [1.807, 2.05) is 31.2 Å². The number of para-hydroxylation sites is 1. The molecule has 0 saturated heterocycles. The highest BCUT2D eigenvalue weighted by molar-refractivity contribution is 14.0. The van der Waals surface area contributed by atoms with Gasteiger partial charge in [0, 0.05) is 12.0 Å². The number of nitrogens with one attached hydrogen (secondary N) is 1. The third-order valence-corrected chi connectivity index (χ3v) is 4.01. The summed E-state index contributed by atoms with van der Waals surface area (Å²) in [6.45, 7) is 3.18. The Bertz CT molecular complexity index is 770. The highest BCUT2D eigenvalue weighted by atomic mass is 127. The first-order valence-electron chi connectivity index (χ1n) is 8.36. The molecule has 3 N–H and O–H groups in total. The number of hydrogen-bond acceptors (Lipinski definition) is 3. The zero-order valence-corrected chi connectivity index (χ0v) is 16.9. The Balaban J connectivity index is 0.00000243. The predicted octanol–water partition coefficient (Wildman–Crippen LogP) is 3.77. The molecule has 0 bridgehead atoms. The summed E-state index contributed by atoms with van der Waals surface area (Å²) >= 11 is 0. The number of rotatable bonds is 5. The lowest BCUT2D eigenvalue weighted by atomic mass is 10.0. The third kappa shape index (κ3) is 5.00. The van der Waals surface area contributed by atoms with Crippen LogP contribution in [0.4, 0.5) is 4.39 Å². The van der Waals surface area contributed by atoms with Gasteiger partial charge in [0.1, 0.15) is 5.75 Å². The summed E-state index contributed by atoms with van der Waals surface area (Å²) in [5.74, 6) is 1.06. The molecule has 140 valence electrons. The molecule has 0 aromatic heterocycles. The first-order chi connectivity index (χ1) is 12.2. The van der Waals surface area contributed by atoms with Gasteiger partial charge in [0.25, 0.3) is 0 Å². The van der Waals surface area contributed by atoms with Gasteiger partial charge in [0.15, 0.2) is 17.5 Å². The van der Waals surface area contributed by atoms with Gasteiger partial charge in [0.05, 0.1) is 25.8 Å². The fourth-order valence-electron chi connectivity index (χ4n) is 2.81. The molecule has 1 unspecified atom stereocenters. The lowest BCUT2D eigenvalue weighted by molar-refractivity contribution is 0.262. The van der Waals surface area contributed by atoms with Crippen molar-refractivity contribution in [3.8, 4) is 11.5 Å². The second kappa shape index (κ2) is 9.61. The topological polar surface area (TPSA) is 68.9 Å². The number of nitrogens with two attached hydrogens (primary N) is 1. The number of benzene rings is 2. The molecule has 7 heteroatoms.